The predicted octanol–water partition coefficient (Wildman–Crippen LogP) is 14.2. The highest BCUT2D eigenvalue weighted by Crippen LogP contribution is 2.26. The van der Waals surface area contributed by atoms with E-state index in [-0.39, 0.29) is 23.0 Å². The van der Waals surface area contributed by atoms with Crippen molar-refractivity contribution >= 4 is 35.7 Å². The molecule has 0 spiro atoms. The van der Waals surface area contributed by atoms with Crippen LogP contribution in [0, 0.1) is 11.6 Å². The maximum absolute atomic E-state index is 14.6. The van der Waals surface area contributed by atoms with Crippen LogP contribution in [0.3, 0.4) is 0 Å². The number of hydrogen-bond acceptors (Lipinski definition) is 8. The SMILES string of the molecule is CCCCCCCCCOc1ccc(N=Cc2ccc(C(=O)Oc3cccc(OC(=O)c4ccc(C=Nc5ccc(OCCCCCCCCC)c(F)c5)cc4)c3)cc2)cc1F. The minimum absolute atomic E-state index is 0.193. The Morgan fingerprint density at radius 3 is 1.26 bits per heavy atom. The molecule has 5 aromatic rings. The Morgan fingerprint density at radius 1 is 0.484 bits per heavy atom. The van der Waals surface area contributed by atoms with Crippen molar-refractivity contribution in [3.8, 4) is 23.0 Å². The molecule has 0 bridgehead atoms. The van der Waals surface area contributed by atoms with Gasteiger partial charge < -0.3 is 18.9 Å². The summed E-state index contributed by atoms with van der Waals surface area (Å²) in [6.07, 6.45) is 19.4. The fourth-order valence-electron chi connectivity index (χ4n) is 6.50. The Morgan fingerprint density at radius 2 is 0.871 bits per heavy atom. The number of aliphatic imine (C=N–C) groups is 2. The van der Waals surface area contributed by atoms with E-state index in [0.29, 0.717) is 46.8 Å². The average Bonchev–Trinajstić information content (AvgIpc) is 3.28. The van der Waals surface area contributed by atoms with Crippen molar-refractivity contribution in [2.75, 3.05) is 13.2 Å². The third-order valence-electron chi connectivity index (χ3n) is 10.1. The van der Waals surface area contributed by atoms with E-state index in [4.69, 9.17) is 18.9 Å². The Kier molecular flexibility index (Phi) is 19.8. The van der Waals surface area contributed by atoms with Crippen LogP contribution >= 0.6 is 0 Å². The molecule has 0 aliphatic carbocycles. The van der Waals surface area contributed by atoms with E-state index in [9.17, 15) is 18.4 Å². The van der Waals surface area contributed by atoms with Crippen LogP contribution in [0.15, 0.2) is 119 Å². The van der Waals surface area contributed by atoms with Gasteiger partial charge in [0, 0.05) is 30.6 Å². The summed E-state index contributed by atoms with van der Waals surface area (Å²) in [5, 5.41) is 0. The van der Waals surface area contributed by atoms with Crippen LogP contribution < -0.4 is 18.9 Å². The summed E-state index contributed by atoms with van der Waals surface area (Å²) in [5.74, 6) is -1.32. The van der Waals surface area contributed by atoms with Gasteiger partial charge >= 0.3 is 11.9 Å². The van der Waals surface area contributed by atoms with Gasteiger partial charge in [-0.05, 0) is 84.6 Å². The number of nitrogens with zero attached hydrogens (tertiary/aromatic N) is 2. The first kappa shape index (κ1) is 46.9. The first-order chi connectivity index (χ1) is 30.3. The fourth-order valence-corrected chi connectivity index (χ4v) is 6.50. The quantitative estimate of drug-likeness (QED) is 0.0238. The molecule has 0 saturated heterocycles. The van der Waals surface area contributed by atoms with Gasteiger partial charge in [0.05, 0.1) is 35.7 Å². The molecule has 0 aliphatic heterocycles. The molecule has 0 heterocycles. The van der Waals surface area contributed by atoms with Crippen molar-refractivity contribution in [3.63, 3.8) is 0 Å². The minimum Gasteiger partial charge on any atom is -0.491 e. The predicted molar refractivity (Wildman–Crippen MR) is 244 cm³/mol. The van der Waals surface area contributed by atoms with Crippen molar-refractivity contribution in [2.24, 2.45) is 9.98 Å². The summed E-state index contributed by atoms with van der Waals surface area (Å²) >= 11 is 0. The molecule has 5 aromatic carbocycles. The second kappa shape index (κ2) is 26.2. The largest absolute Gasteiger partial charge is 0.491 e. The molecule has 10 heteroatoms. The lowest BCUT2D eigenvalue weighted by Crippen LogP contribution is -2.10. The maximum atomic E-state index is 14.6. The Labute approximate surface area is 365 Å². The van der Waals surface area contributed by atoms with Crippen molar-refractivity contribution in [1.29, 1.82) is 0 Å². The lowest BCUT2D eigenvalue weighted by atomic mass is 10.1. The first-order valence-electron chi connectivity index (χ1n) is 22.0. The van der Waals surface area contributed by atoms with Crippen LogP contribution in [0.2, 0.25) is 0 Å². The van der Waals surface area contributed by atoms with Gasteiger partial charge in [-0.25, -0.2) is 18.4 Å². The summed E-state index contributed by atoms with van der Waals surface area (Å²) in [6, 6.07) is 28.7. The van der Waals surface area contributed by atoms with Gasteiger partial charge in [0.2, 0.25) is 0 Å². The normalized spacial score (nSPS) is 11.3. The number of halogens is 2. The monoisotopic (exact) mass is 844 g/mol. The van der Waals surface area contributed by atoms with Crippen LogP contribution in [0.1, 0.15) is 136 Å². The summed E-state index contributed by atoms with van der Waals surface area (Å²) < 4.78 is 51.7. The summed E-state index contributed by atoms with van der Waals surface area (Å²) in [5.41, 5.74) is 2.88. The summed E-state index contributed by atoms with van der Waals surface area (Å²) in [4.78, 5) is 34.6. The van der Waals surface area contributed by atoms with Crippen molar-refractivity contribution in [3.05, 3.63) is 143 Å². The maximum Gasteiger partial charge on any atom is 0.343 e. The highest BCUT2D eigenvalue weighted by atomic mass is 19.1. The first-order valence-corrected chi connectivity index (χ1v) is 22.0. The molecule has 0 unspecified atom stereocenters. The number of carbonyl (C=O) groups excluding carboxylic acids is 2. The lowest BCUT2D eigenvalue weighted by molar-refractivity contribution is 0.0732. The molecule has 0 aromatic heterocycles. The standard InChI is InChI=1S/C52H58F2N2O6/c1-3-5-7-9-11-13-15-32-59-49-30-28-43(34-47(49)53)55-37-39-20-24-41(25-21-39)51(57)61-45-18-17-19-46(36-45)62-52(58)42-26-22-40(23-27-42)38-56-44-29-31-50(48(54)35-44)60-33-16-14-12-10-8-6-4-2/h17-31,34-38H,3-16,32-33H2,1-2H3. The van der Waals surface area contributed by atoms with E-state index in [1.807, 2.05) is 0 Å². The Balaban J connectivity index is 1.04. The van der Waals surface area contributed by atoms with E-state index in [1.54, 1.807) is 103 Å². The summed E-state index contributed by atoms with van der Waals surface area (Å²) in [7, 11) is 0. The molecule has 0 N–H and O–H groups in total. The number of carbonyl (C=O) groups is 2. The van der Waals surface area contributed by atoms with Crippen LogP contribution in [0.4, 0.5) is 20.2 Å². The van der Waals surface area contributed by atoms with Gasteiger partial charge in [-0.1, -0.05) is 121 Å². The number of unbranched alkanes of at least 4 members (excludes halogenated alkanes) is 12. The number of ether oxygens (including phenoxy) is 4. The van der Waals surface area contributed by atoms with Gasteiger partial charge in [-0.2, -0.15) is 0 Å². The number of rotatable bonds is 26. The van der Waals surface area contributed by atoms with Crippen molar-refractivity contribution < 1.29 is 37.3 Å². The highest BCUT2D eigenvalue weighted by Gasteiger charge is 2.13. The van der Waals surface area contributed by atoms with Gasteiger partial charge in [-0.3, -0.25) is 9.98 Å². The van der Waals surface area contributed by atoms with Crippen molar-refractivity contribution in [2.45, 2.75) is 104 Å². The third kappa shape index (κ3) is 16.4. The molecule has 326 valence electrons. The molecule has 5 rings (SSSR count). The zero-order chi connectivity index (χ0) is 43.8. The molecule has 0 radical (unpaired) electrons. The van der Waals surface area contributed by atoms with Gasteiger partial charge in [-0.15, -0.1) is 0 Å². The van der Waals surface area contributed by atoms with E-state index in [0.717, 1.165) is 25.7 Å². The van der Waals surface area contributed by atoms with Gasteiger partial charge in [0.25, 0.3) is 0 Å². The molecular formula is C52H58F2N2O6. The van der Waals surface area contributed by atoms with E-state index in [1.165, 1.54) is 82.4 Å². The molecule has 8 nitrogen and oxygen atoms in total. The van der Waals surface area contributed by atoms with E-state index in [2.05, 4.69) is 23.8 Å². The highest BCUT2D eigenvalue weighted by molar-refractivity contribution is 5.93. The van der Waals surface area contributed by atoms with Crippen LogP contribution in [-0.4, -0.2) is 37.6 Å². The third-order valence-corrected chi connectivity index (χ3v) is 10.1. The van der Waals surface area contributed by atoms with Gasteiger partial charge in [0.15, 0.2) is 23.1 Å². The smallest absolute Gasteiger partial charge is 0.343 e. The topological polar surface area (TPSA) is 95.8 Å². The molecule has 0 atom stereocenters. The zero-order valence-electron chi connectivity index (χ0n) is 36.0. The molecule has 62 heavy (non-hydrogen) atoms. The van der Waals surface area contributed by atoms with Crippen LogP contribution in [0.5, 0.6) is 23.0 Å². The Bertz CT molecular complexity index is 2050. The summed E-state index contributed by atoms with van der Waals surface area (Å²) in [6.45, 7) is 5.36. The van der Waals surface area contributed by atoms with Crippen LogP contribution in [0.25, 0.3) is 0 Å². The average molecular weight is 845 g/mol. The van der Waals surface area contributed by atoms with E-state index >= 15 is 0 Å². The second-order valence-electron chi connectivity index (χ2n) is 15.2. The number of benzene rings is 5. The van der Waals surface area contributed by atoms with Crippen LogP contribution in [-0.2, 0) is 0 Å². The van der Waals surface area contributed by atoms with Crippen molar-refractivity contribution in [1.82, 2.24) is 0 Å². The molecule has 0 aliphatic rings. The fraction of sp³-hybridized carbons (Fsp3) is 0.346. The molecular weight excluding hydrogens is 787 g/mol. The zero-order valence-corrected chi connectivity index (χ0v) is 36.0. The second-order valence-corrected chi connectivity index (χ2v) is 15.2. The van der Waals surface area contributed by atoms with Gasteiger partial charge in [0.1, 0.15) is 11.5 Å². The van der Waals surface area contributed by atoms with E-state index < -0.39 is 23.6 Å². The molecule has 0 amide bonds. The number of hydrogen-bond donors (Lipinski definition) is 0. The number of esters is 2. The molecule has 0 fully saturated rings. The minimum atomic E-state index is -0.603. The lowest BCUT2D eigenvalue weighted by Gasteiger charge is -2.08. The molecule has 0 saturated carbocycles. The Hall–Kier alpha value is -6.16.